The van der Waals surface area contributed by atoms with E-state index < -0.39 is 24.3 Å². The molecule has 78 heavy (non-hydrogen) atoms. The van der Waals surface area contributed by atoms with E-state index in [0.717, 1.165) is 96.3 Å². The van der Waals surface area contributed by atoms with E-state index >= 15 is 0 Å². The molecule has 450 valence electrons. The number of rotatable bonds is 59. The number of likely N-dealkylation sites (N-methyl/N-ethyl adjacent to an activating group) is 1. The molecule has 0 radical (unpaired) electrons. The first kappa shape index (κ1) is 74.5. The van der Waals surface area contributed by atoms with Crippen molar-refractivity contribution in [3.63, 3.8) is 0 Å². The maximum Gasteiger partial charge on any atom is 0.361 e. The molecule has 0 amide bonds. The number of nitrogens with zero attached hydrogens (tertiary/aromatic N) is 1. The van der Waals surface area contributed by atoms with E-state index in [-0.39, 0.29) is 32.2 Å². The number of quaternary nitrogens is 1. The zero-order valence-electron chi connectivity index (χ0n) is 51.3. The molecule has 2 unspecified atom stereocenters. The van der Waals surface area contributed by atoms with Crippen LogP contribution in [0.15, 0.2) is 85.1 Å². The molecule has 2 atom stereocenters. The summed E-state index contributed by atoms with van der Waals surface area (Å²) in [5.74, 6) is -2.01. The van der Waals surface area contributed by atoms with Crippen LogP contribution in [0.25, 0.3) is 0 Å². The lowest BCUT2D eigenvalue weighted by molar-refractivity contribution is -0.870. The highest BCUT2D eigenvalue weighted by Gasteiger charge is 2.25. The van der Waals surface area contributed by atoms with Crippen molar-refractivity contribution in [2.45, 2.75) is 289 Å². The Morgan fingerprint density at radius 3 is 1.10 bits per heavy atom. The van der Waals surface area contributed by atoms with Gasteiger partial charge in [-0.2, -0.15) is 0 Å². The molecule has 0 fully saturated rings. The highest BCUT2D eigenvalue weighted by atomic mass is 16.7. The van der Waals surface area contributed by atoms with Crippen LogP contribution in [0.2, 0.25) is 0 Å². The second kappa shape index (κ2) is 59.6. The van der Waals surface area contributed by atoms with Gasteiger partial charge in [-0.15, -0.1) is 0 Å². The molecule has 0 heterocycles. The molecule has 0 aliphatic carbocycles. The largest absolute Gasteiger partial charge is 0.477 e. The molecule has 0 aromatic rings. The maximum absolute atomic E-state index is 12.9. The van der Waals surface area contributed by atoms with Gasteiger partial charge in [0.2, 0.25) is 0 Å². The average Bonchev–Trinajstić information content (AvgIpc) is 3.41. The number of carboxylic acids is 1. The Labute approximate surface area is 480 Å². The maximum atomic E-state index is 12.9. The number of hydrogen-bond donors (Lipinski definition) is 1. The first-order valence-corrected chi connectivity index (χ1v) is 32.3. The molecule has 9 heteroatoms. The molecule has 0 aliphatic heterocycles. The van der Waals surface area contributed by atoms with E-state index in [1.165, 1.54) is 154 Å². The third kappa shape index (κ3) is 60.1. The summed E-state index contributed by atoms with van der Waals surface area (Å²) in [7, 11) is 5.97. The third-order valence-corrected chi connectivity index (χ3v) is 13.9. The number of carbonyl (C=O) groups excluding carboxylic acids is 2. The molecular weight excluding hydrogens is 971 g/mol. The van der Waals surface area contributed by atoms with E-state index in [1.54, 1.807) is 0 Å². The average molecular weight is 1090 g/mol. The number of esters is 2. The van der Waals surface area contributed by atoms with Crippen molar-refractivity contribution in [1.82, 2.24) is 0 Å². The number of aliphatic carboxylic acids is 1. The van der Waals surface area contributed by atoms with Crippen LogP contribution in [-0.4, -0.2) is 87.4 Å². The zero-order chi connectivity index (χ0) is 56.9. The summed E-state index contributed by atoms with van der Waals surface area (Å²) in [6.45, 7) is 4.74. The standard InChI is InChI=1S/C69H121NO8/c1-6-8-10-12-14-16-18-20-21-22-23-24-25-26-27-28-29-30-31-32-33-34-35-36-37-38-39-40-41-42-43-44-45-46-47-48-50-52-54-56-58-60-67(72)78-65(64-77-69(68(73)74)75-62-61-70(3,4)5)63-76-66(71)59-57-55-53-51-49-19-17-15-13-11-9-7-2/h8,10,14-17,20-21,23-24,26-27,29-30,65,69H,6-7,9,11-13,18-19,22,25,28,31-64H2,1-5H3/p+1/b10-8-,16-14-,17-15-,21-20-,24-23-,27-26-,30-29-. The van der Waals surface area contributed by atoms with Crippen molar-refractivity contribution in [3.05, 3.63) is 85.1 Å². The molecule has 0 saturated carbocycles. The fourth-order valence-corrected chi connectivity index (χ4v) is 8.95. The van der Waals surface area contributed by atoms with Crippen molar-refractivity contribution < 1.29 is 42.9 Å². The van der Waals surface area contributed by atoms with E-state index in [4.69, 9.17) is 18.9 Å². The molecular formula is C69H122NO8+. The van der Waals surface area contributed by atoms with Gasteiger partial charge in [0.25, 0.3) is 6.29 Å². The Hall–Kier alpha value is -3.53. The molecule has 9 nitrogen and oxygen atoms in total. The summed E-state index contributed by atoms with van der Waals surface area (Å²) >= 11 is 0. The van der Waals surface area contributed by atoms with Crippen LogP contribution in [-0.2, 0) is 33.3 Å². The van der Waals surface area contributed by atoms with Gasteiger partial charge in [-0.3, -0.25) is 9.59 Å². The molecule has 0 rings (SSSR count). The molecule has 1 N–H and O–H groups in total. The highest BCUT2D eigenvalue weighted by Crippen LogP contribution is 2.17. The summed E-state index contributed by atoms with van der Waals surface area (Å²) in [5.41, 5.74) is 0. The lowest BCUT2D eigenvalue weighted by Crippen LogP contribution is -2.40. The Morgan fingerprint density at radius 1 is 0.397 bits per heavy atom. The van der Waals surface area contributed by atoms with E-state index in [9.17, 15) is 19.5 Å². The summed E-state index contributed by atoms with van der Waals surface area (Å²) in [4.78, 5) is 37.4. The van der Waals surface area contributed by atoms with Crippen LogP contribution in [0.4, 0.5) is 0 Å². The summed E-state index contributed by atoms with van der Waals surface area (Å²) in [5, 5.41) is 9.69. The van der Waals surface area contributed by atoms with Gasteiger partial charge in [-0.05, 0) is 89.9 Å². The third-order valence-electron chi connectivity index (χ3n) is 13.9. The van der Waals surface area contributed by atoms with Crippen LogP contribution in [0.3, 0.4) is 0 Å². The monoisotopic (exact) mass is 1090 g/mol. The smallest absolute Gasteiger partial charge is 0.361 e. The van der Waals surface area contributed by atoms with Crippen LogP contribution >= 0.6 is 0 Å². The van der Waals surface area contributed by atoms with Crippen molar-refractivity contribution in [1.29, 1.82) is 0 Å². The summed E-state index contributed by atoms with van der Waals surface area (Å²) in [6.07, 6.45) is 77.1. The number of allylic oxidation sites excluding steroid dienone is 14. The second-order valence-corrected chi connectivity index (χ2v) is 22.7. The zero-order valence-corrected chi connectivity index (χ0v) is 51.3. The molecule has 0 bridgehead atoms. The Kier molecular flexibility index (Phi) is 56.9. The van der Waals surface area contributed by atoms with Gasteiger partial charge in [0.1, 0.15) is 13.2 Å². The SMILES string of the molecule is CC/C=C\C/C=C\C/C=C\C/C=C\C/C=C\C/C=C\CCCCCCCCCCCCCCCCCCCCCCCCC(=O)OC(COC(=O)CCCCCCC/C=C\CCCCC)COC(OCC[N+](C)(C)C)C(=O)O. The molecule has 0 spiro atoms. The first-order valence-electron chi connectivity index (χ1n) is 32.3. The van der Waals surface area contributed by atoms with Gasteiger partial charge in [0, 0.05) is 12.8 Å². The predicted molar refractivity (Wildman–Crippen MR) is 332 cm³/mol. The lowest BCUT2D eigenvalue weighted by Gasteiger charge is -2.25. The molecule has 0 aliphatic rings. The number of ether oxygens (including phenoxy) is 4. The predicted octanol–water partition coefficient (Wildman–Crippen LogP) is 19.5. The molecule has 0 saturated heterocycles. The minimum absolute atomic E-state index is 0.185. The van der Waals surface area contributed by atoms with Gasteiger partial charge in [0.05, 0.1) is 34.4 Å². The number of hydrogen-bond acceptors (Lipinski definition) is 7. The van der Waals surface area contributed by atoms with E-state index in [0.29, 0.717) is 17.4 Å². The van der Waals surface area contributed by atoms with Gasteiger partial charge >= 0.3 is 17.9 Å². The van der Waals surface area contributed by atoms with Crippen LogP contribution < -0.4 is 0 Å². The normalized spacial score (nSPS) is 13.3. The second-order valence-electron chi connectivity index (χ2n) is 22.7. The fraction of sp³-hybridized carbons (Fsp3) is 0.754. The summed E-state index contributed by atoms with van der Waals surface area (Å²) < 4.78 is 22.9. The lowest BCUT2D eigenvalue weighted by atomic mass is 10.0. The van der Waals surface area contributed by atoms with Crippen LogP contribution in [0, 0.1) is 0 Å². The molecule has 0 aromatic heterocycles. The van der Waals surface area contributed by atoms with Crippen LogP contribution in [0.5, 0.6) is 0 Å². The van der Waals surface area contributed by atoms with Crippen molar-refractivity contribution in [3.8, 4) is 0 Å². The fourth-order valence-electron chi connectivity index (χ4n) is 8.95. The Balaban J connectivity index is 3.93. The number of unbranched alkanes of at least 4 members (excludes halogenated alkanes) is 30. The Morgan fingerprint density at radius 2 is 0.731 bits per heavy atom. The van der Waals surface area contributed by atoms with Crippen LogP contribution in [0.1, 0.15) is 277 Å². The topological polar surface area (TPSA) is 108 Å². The van der Waals surface area contributed by atoms with Gasteiger partial charge in [-0.1, -0.05) is 259 Å². The summed E-state index contributed by atoms with van der Waals surface area (Å²) in [6, 6.07) is 0. The minimum Gasteiger partial charge on any atom is -0.477 e. The van der Waals surface area contributed by atoms with E-state index in [2.05, 4.69) is 98.9 Å². The van der Waals surface area contributed by atoms with Crippen molar-refractivity contribution in [2.75, 3.05) is 47.5 Å². The first-order chi connectivity index (χ1) is 38.1. The van der Waals surface area contributed by atoms with Gasteiger partial charge in [0.15, 0.2) is 6.10 Å². The number of carbonyl (C=O) groups is 3. The molecule has 0 aromatic carbocycles. The Bertz CT molecular complexity index is 1550. The number of carboxylic acid groups (broad SMARTS) is 1. The van der Waals surface area contributed by atoms with Crippen molar-refractivity contribution >= 4 is 17.9 Å². The van der Waals surface area contributed by atoms with Gasteiger partial charge in [-0.25, -0.2) is 4.79 Å². The van der Waals surface area contributed by atoms with Gasteiger partial charge < -0.3 is 28.5 Å². The van der Waals surface area contributed by atoms with Crippen molar-refractivity contribution in [2.24, 2.45) is 0 Å². The quantitative estimate of drug-likeness (QED) is 0.0211. The highest BCUT2D eigenvalue weighted by molar-refractivity contribution is 5.71. The van der Waals surface area contributed by atoms with E-state index in [1.807, 2.05) is 21.1 Å². The minimum atomic E-state index is -1.51.